The number of carbonyl (C=O) groups excluding carboxylic acids is 1. The van der Waals surface area contributed by atoms with E-state index in [1.165, 1.54) is 10.9 Å². The predicted molar refractivity (Wildman–Crippen MR) is 67.2 cm³/mol. The Kier molecular flexibility index (Phi) is 3.17. The maximum absolute atomic E-state index is 11.2. The highest BCUT2D eigenvalue weighted by atomic mass is 16.8. The smallest absolute Gasteiger partial charge is 0.272 e. The van der Waals surface area contributed by atoms with Crippen LogP contribution in [0.25, 0.3) is 0 Å². The van der Waals surface area contributed by atoms with Crippen molar-refractivity contribution in [1.29, 1.82) is 0 Å². The van der Waals surface area contributed by atoms with Gasteiger partial charge in [-0.25, -0.2) is 4.98 Å². The number of ether oxygens (including phenoxy) is 3. The molecule has 4 N–H and O–H groups in total. The van der Waals surface area contributed by atoms with Crippen molar-refractivity contribution in [3.05, 3.63) is 12.0 Å². The van der Waals surface area contributed by atoms with Crippen molar-refractivity contribution in [2.75, 3.05) is 6.61 Å². The third-order valence-electron chi connectivity index (χ3n) is 3.58. The number of aromatic hydroxyl groups is 1. The highest BCUT2D eigenvalue weighted by Gasteiger charge is 2.56. The minimum Gasteiger partial charge on any atom is -0.493 e. The summed E-state index contributed by atoms with van der Waals surface area (Å²) in [6.45, 7) is 3.24. The van der Waals surface area contributed by atoms with Gasteiger partial charge in [0.05, 0.1) is 6.61 Å². The molecule has 9 heteroatoms. The van der Waals surface area contributed by atoms with Gasteiger partial charge in [-0.15, -0.1) is 0 Å². The first kappa shape index (κ1) is 14.3. The Bertz CT molecular complexity index is 571. The van der Waals surface area contributed by atoms with Crippen LogP contribution >= 0.6 is 0 Å². The Morgan fingerprint density at radius 1 is 1.48 bits per heavy atom. The maximum atomic E-state index is 11.2. The second kappa shape index (κ2) is 4.67. The number of amides is 1. The van der Waals surface area contributed by atoms with Gasteiger partial charge in [-0.3, -0.25) is 9.36 Å². The molecule has 4 atom stereocenters. The molecule has 3 rings (SSSR count). The van der Waals surface area contributed by atoms with E-state index in [0.717, 1.165) is 0 Å². The molecule has 0 spiro atoms. The van der Waals surface area contributed by atoms with Crippen LogP contribution < -0.4 is 5.73 Å². The van der Waals surface area contributed by atoms with Gasteiger partial charge in [-0.1, -0.05) is 0 Å². The van der Waals surface area contributed by atoms with Crippen molar-refractivity contribution < 1.29 is 29.2 Å². The van der Waals surface area contributed by atoms with Crippen LogP contribution in [0.5, 0.6) is 5.88 Å². The molecule has 2 saturated heterocycles. The molecule has 0 bridgehead atoms. The molecule has 2 aliphatic heterocycles. The first-order valence-electron chi connectivity index (χ1n) is 6.51. The number of hydrogen-bond acceptors (Lipinski definition) is 7. The number of hydrogen-bond donors (Lipinski definition) is 3. The molecule has 116 valence electrons. The van der Waals surface area contributed by atoms with Gasteiger partial charge >= 0.3 is 0 Å². The zero-order valence-corrected chi connectivity index (χ0v) is 11.6. The summed E-state index contributed by atoms with van der Waals surface area (Å²) in [5, 5.41) is 19.4. The number of fused-ring (bicyclic) bond motifs is 1. The van der Waals surface area contributed by atoms with E-state index >= 15 is 0 Å². The van der Waals surface area contributed by atoms with Crippen LogP contribution in [0.4, 0.5) is 0 Å². The number of nitrogens with two attached hydrogens (primary N) is 1. The summed E-state index contributed by atoms with van der Waals surface area (Å²) in [6.07, 6.45) is -1.15. The van der Waals surface area contributed by atoms with Gasteiger partial charge in [0.25, 0.3) is 5.91 Å². The fraction of sp³-hybridized carbons (Fsp3) is 0.667. The van der Waals surface area contributed by atoms with Gasteiger partial charge in [0.15, 0.2) is 17.7 Å². The van der Waals surface area contributed by atoms with Gasteiger partial charge in [-0.2, -0.15) is 0 Å². The first-order chi connectivity index (χ1) is 9.84. The summed E-state index contributed by atoms with van der Waals surface area (Å²) >= 11 is 0. The van der Waals surface area contributed by atoms with E-state index in [0.29, 0.717) is 0 Å². The standard InChI is InChI=1S/C12H17N3O6/c1-12(2)20-7-5(3-16)19-11(8(7)21-12)15-4-14-6(9(13)17)10(15)18/h4-5,7-8,11,16,18H,3H2,1-2H3,(H2,13,17)/t5-,7-,8-,11-/m1/s1. The van der Waals surface area contributed by atoms with Crippen molar-refractivity contribution in [3.8, 4) is 5.88 Å². The second-order valence-electron chi connectivity index (χ2n) is 5.50. The number of aromatic nitrogens is 2. The average Bonchev–Trinajstić information content (AvgIpc) is 3.00. The van der Waals surface area contributed by atoms with Crippen molar-refractivity contribution >= 4 is 5.91 Å². The summed E-state index contributed by atoms with van der Waals surface area (Å²) in [4.78, 5) is 14.9. The molecule has 0 aliphatic carbocycles. The number of carbonyl (C=O) groups is 1. The fourth-order valence-electron chi connectivity index (χ4n) is 2.74. The monoisotopic (exact) mass is 299 g/mol. The zero-order valence-electron chi connectivity index (χ0n) is 11.6. The molecular formula is C12H17N3O6. The van der Waals surface area contributed by atoms with E-state index in [2.05, 4.69) is 4.98 Å². The molecule has 1 aromatic heterocycles. The SMILES string of the molecule is CC1(C)O[C@@H]2[C@H](O1)[C@@H](CO)O[C@H]2n1cnc(C(N)=O)c1O. The summed E-state index contributed by atoms with van der Waals surface area (Å²) in [5.74, 6) is -2.07. The van der Waals surface area contributed by atoms with E-state index in [1.54, 1.807) is 13.8 Å². The van der Waals surface area contributed by atoms with Crippen LogP contribution in [-0.4, -0.2) is 56.4 Å². The van der Waals surface area contributed by atoms with E-state index < -0.39 is 42.1 Å². The third kappa shape index (κ3) is 2.18. The van der Waals surface area contributed by atoms with Crippen LogP contribution in [0.15, 0.2) is 6.33 Å². The lowest BCUT2D eigenvalue weighted by Crippen LogP contribution is -2.31. The lowest BCUT2D eigenvalue weighted by molar-refractivity contribution is -0.200. The molecule has 2 aliphatic rings. The number of nitrogens with zero attached hydrogens (tertiary/aromatic N) is 2. The number of aliphatic hydroxyl groups is 1. The van der Waals surface area contributed by atoms with Crippen molar-refractivity contribution in [2.24, 2.45) is 5.73 Å². The normalized spacial score (nSPS) is 34.0. The van der Waals surface area contributed by atoms with E-state index in [-0.39, 0.29) is 12.3 Å². The van der Waals surface area contributed by atoms with Crippen LogP contribution in [0.1, 0.15) is 30.6 Å². The minimum absolute atomic E-state index is 0.249. The van der Waals surface area contributed by atoms with Crippen molar-refractivity contribution in [3.63, 3.8) is 0 Å². The Labute approximate surface area is 120 Å². The van der Waals surface area contributed by atoms with Crippen molar-refractivity contribution in [2.45, 2.75) is 44.2 Å². The molecule has 2 fully saturated rings. The molecule has 0 unspecified atom stereocenters. The Morgan fingerprint density at radius 2 is 2.14 bits per heavy atom. The lowest BCUT2D eigenvalue weighted by Gasteiger charge is -2.24. The number of rotatable bonds is 3. The van der Waals surface area contributed by atoms with E-state index in [1.807, 2.05) is 0 Å². The summed E-state index contributed by atoms with van der Waals surface area (Å²) in [7, 11) is 0. The van der Waals surface area contributed by atoms with E-state index in [4.69, 9.17) is 19.9 Å². The zero-order chi connectivity index (χ0) is 15.4. The topological polar surface area (TPSA) is 129 Å². The number of imidazole rings is 1. The number of aliphatic hydroxyl groups excluding tert-OH is 1. The summed E-state index contributed by atoms with van der Waals surface area (Å²) in [5.41, 5.74) is 4.87. The van der Waals surface area contributed by atoms with Crippen LogP contribution in [-0.2, 0) is 14.2 Å². The van der Waals surface area contributed by atoms with Crippen LogP contribution in [0.3, 0.4) is 0 Å². The Balaban J connectivity index is 1.94. The Morgan fingerprint density at radius 3 is 2.71 bits per heavy atom. The molecule has 1 aromatic rings. The highest BCUT2D eigenvalue weighted by Crippen LogP contribution is 2.44. The van der Waals surface area contributed by atoms with Gasteiger partial charge < -0.3 is 30.2 Å². The van der Waals surface area contributed by atoms with Crippen molar-refractivity contribution in [1.82, 2.24) is 9.55 Å². The quantitative estimate of drug-likeness (QED) is 0.659. The average molecular weight is 299 g/mol. The molecule has 0 aromatic carbocycles. The second-order valence-corrected chi connectivity index (χ2v) is 5.50. The fourth-order valence-corrected chi connectivity index (χ4v) is 2.74. The van der Waals surface area contributed by atoms with Crippen LogP contribution in [0, 0.1) is 0 Å². The maximum Gasteiger partial charge on any atom is 0.272 e. The van der Waals surface area contributed by atoms with E-state index in [9.17, 15) is 15.0 Å². The first-order valence-corrected chi connectivity index (χ1v) is 6.51. The summed E-state index contributed by atoms with van der Waals surface area (Å²) in [6, 6.07) is 0. The molecule has 0 radical (unpaired) electrons. The van der Waals surface area contributed by atoms with Crippen LogP contribution in [0.2, 0.25) is 0 Å². The van der Waals surface area contributed by atoms with Gasteiger partial charge in [-0.05, 0) is 13.8 Å². The minimum atomic E-state index is -0.844. The molecule has 1 amide bonds. The summed E-state index contributed by atoms with van der Waals surface area (Å²) < 4.78 is 18.4. The van der Waals surface area contributed by atoms with Gasteiger partial charge in [0.1, 0.15) is 24.6 Å². The van der Waals surface area contributed by atoms with Gasteiger partial charge in [0.2, 0.25) is 5.88 Å². The highest BCUT2D eigenvalue weighted by molar-refractivity contribution is 5.92. The molecular weight excluding hydrogens is 282 g/mol. The third-order valence-corrected chi connectivity index (χ3v) is 3.58. The largest absolute Gasteiger partial charge is 0.493 e. The van der Waals surface area contributed by atoms with Gasteiger partial charge in [0, 0.05) is 0 Å². The Hall–Kier alpha value is -1.68. The molecule has 9 nitrogen and oxygen atoms in total. The molecule has 3 heterocycles. The molecule has 21 heavy (non-hydrogen) atoms. The molecule has 0 saturated carbocycles. The lowest BCUT2D eigenvalue weighted by atomic mass is 10.1. The number of primary amides is 1. The predicted octanol–water partition coefficient (Wildman–Crippen LogP) is -0.903.